The van der Waals surface area contributed by atoms with Crippen LogP contribution in [0.4, 0.5) is 15.3 Å². The molecule has 254 valence electrons. The van der Waals surface area contributed by atoms with E-state index in [1.165, 1.54) is 0 Å². The standard InChI is InChI=1S/C30H45N7O7S2/c1-29(2,3)44-28(41)35-24(26(39)42-18-16-31)10-8-7-9-17-33-25(38)23(15-19-45-46-30(4,5)6)34-27(40)43-20-21-11-13-22(14-12-21)36-37-32/h11-14,23-24H,7-10,15,17-20H2,1-6H3,(H,33,38)(H,34,40)(H,35,41)/t23-,24-/m0/s1. The van der Waals surface area contributed by atoms with Crippen molar-refractivity contribution in [1.82, 2.24) is 16.0 Å². The molecule has 0 aliphatic carbocycles. The lowest BCUT2D eigenvalue weighted by Gasteiger charge is -2.22. The Balaban J connectivity index is 2.63. The number of carbonyl (C=O) groups excluding carboxylic acids is 4. The smallest absolute Gasteiger partial charge is 0.408 e. The Labute approximate surface area is 278 Å². The summed E-state index contributed by atoms with van der Waals surface area (Å²) in [6, 6.07) is 6.49. The zero-order valence-corrected chi connectivity index (χ0v) is 28.9. The summed E-state index contributed by atoms with van der Waals surface area (Å²) in [6.07, 6.45) is 0.863. The van der Waals surface area contributed by atoms with Gasteiger partial charge in [-0.1, -0.05) is 84.6 Å². The molecule has 46 heavy (non-hydrogen) atoms. The first-order valence-electron chi connectivity index (χ1n) is 14.8. The van der Waals surface area contributed by atoms with Crippen LogP contribution in [0.3, 0.4) is 0 Å². The van der Waals surface area contributed by atoms with E-state index >= 15 is 0 Å². The number of nitrogens with zero attached hydrogens (tertiary/aromatic N) is 4. The summed E-state index contributed by atoms with van der Waals surface area (Å²) in [5, 5.41) is 20.2. The van der Waals surface area contributed by atoms with Crippen molar-refractivity contribution in [1.29, 1.82) is 5.26 Å². The van der Waals surface area contributed by atoms with Crippen LogP contribution >= 0.6 is 21.6 Å². The lowest BCUT2D eigenvalue weighted by atomic mass is 10.1. The number of rotatable bonds is 18. The molecule has 0 saturated carbocycles. The normalized spacial score (nSPS) is 12.4. The molecule has 0 saturated heterocycles. The number of nitrogens with one attached hydrogen (secondary N) is 3. The number of ether oxygens (including phenoxy) is 3. The third-order valence-electron chi connectivity index (χ3n) is 5.60. The van der Waals surface area contributed by atoms with Crippen LogP contribution in [0, 0.1) is 11.3 Å². The number of hydrogen-bond acceptors (Lipinski definition) is 11. The topological polar surface area (TPSA) is 205 Å². The zero-order valence-electron chi connectivity index (χ0n) is 27.3. The summed E-state index contributed by atoms with van der Waals surface area (Å²) in [5.74, 6) is -0.453. The summed E-state index contributed by atoms with van der Waals surface area (Å²) < 4.78 is 15.4. The first-order valence-corrected chi connectivity index (χ1v) is 17.1. The highest BCUT2D eigenvalue weighted by molar-refractivity contribution is 8.77. The molecule has 2 atom stereocenters. The van der Waals surface area contributed by atoms with Gasteiger partial charge in [-0.25, -0.2) is 14.4 Å². The molecule has 3 N–H and O–H groups in total. The van der Waals surface area contributed by atoms with Gasteiger partial charge in [0.2, 0.25) is 5.91 Å². The molecule has 16 heteroatoms. The van der Waals surface area contributed by atoms with Gasteiger partial charge >= 0.3 is 18.2 Å². The van der Waals surface area contributed by atoms with E-state index < -0.39 is 42.4 Å². The molecule has 14 nitrogen and oxygen atoms in total. The highest BCUT2D eigenvalue weighted by Crippen LogP contribution is 2.35. The van der Waals surface area contributed by atoms with Crippen molar-refractivity contribution in [2.75, 3.05) is 18.9 Å². The van der Waals surface area contributed by atoms with E-state index in [9.17, 15) is 19.2 Å². The number of benzene rings is 1. The second kappa shape index (κ2) is 21.1. The van der Waals surface area contributed by atoms with Crippen molar-refractivity contribution in [3.8, 4) is 6.07 Å². The van der Waals surface area contributed by atoms with E-state index in [4.69, 9.17) is 25.0 Å². The van der Waals surface area contributed by atoms with Crippen LogP contribution in [0.15, 0.2) is 29.4 Å². The second-order valence-electron chi connectivity index (χ2n) is 12.0. The van der Waals surface area contributed by atoms with Gasteiger partial charge in [0, 0.05) is 27.6 Å². The first-order chi connectivity index (χ1) is 21.6. The molecular formula is C30H45N7O7S2. The van der Waals surface area contributed by atoms with Gasteiger partial charge in [0.25, 0.3) is 0 Å². The van der Waals surface area contributed by atoms with Gasteiger partial charge in [-0.3, -0.25) is 4.79 Å². The average molecular weight is 680 g/mol. The number of unbranched alkanes of at least 4 members (excludes halogenated alkanes) is 2. The van der Waals surface area contributed by atoms with Crippen LogP contribution < -0.4 is 16.0 Å². The maximum atomic E-state index is 13.0. The number of azide groups is 1. The number of carbonyl (C=O) groups is 4. The van der Waals surface area contributed by atoms with E-state index in [0.29, 0.717) is 49.2 Å². The fourth-order valence-corrected chi connectivity index (χ4v) is 5.95. The quantitative estimate of drug-likeness (QED) is 0.0295. The minimum atomic E-state index is -0.982. The Hall–Kier alpha value is -3.80. The molecule has 1 aromatic rings. The lowest BCUT2D eigenvalue weighted by molar-refractivity contribution is -0.145. The van der Waals surface area contributed by atoms with E-state index in [0.717, 1.165) is 0 Å². The van der Waals surface area contributed by atoms with Gasteiger partial charge in [-0.15, -0.1) is 0 Å². The van der Waals surface area contributed by atoms with Gasteiger partial charge < -0.3 is 30.2 Å². The van der Waals surface area contributed by atoms with Crippen LogP contribution in [-0.2, 0) is 30.4 Å². The number of alkyl carbamates (subject to hydrolysis) is 2. The number of amides is 3. The molecule has 0 aliphatic heterocycles. The van der Waals surface area contributed by atoms with Crippen molar-refractivity contribution >= 4 is 51.3 Å². The van der Waals surface area contributed by atoms with Crippen LogP contribution in [-0.4, -0.2) is 65.4 Å². The van der Waals surface area contributed by atoms with Crippen LogP contribution in [0.1, 0.15) is 79.2 Å². The predicted molar refractivity (Wildman–Crippen MR) is 178 cm³/mol. The molecule has 0 aromatic heterocycles. The SMILES string of the molecule is CC(C)(C)OC(=O)N[C@@H](CCCCCNC(=O)[C@H](CCSSC(C)(C)C)NC(=O)OCc1ccc(N=[N+]=[N-])cc1)C(=O)OCC#N. The van der Waals surface area contributed by atoms with Crippen molar-refractivity contribution < 1.29 is 33.4 Å². The van der Waals surface area contributed by atoms with Gasteiger partial charge in [0.15, 0.2) is 6.61 Å². The molecule has 1 aromatic carbocycles. The highest BCUT2D eigenvalue weighted by atomic mass is 33.1. The monoisotopic (exact) mass is 679 g/mol. The minimum absolute atomic E-state index is 0.0286. The summed E-state index contributed by atoms with van der Waals surface area (Å²) in [6.45, 7) is 11.2. The molecule has 1 rings (SSSR count). The third-order valence-corrected chi connectivity index (χ3v) is 8.97. The average Bonchev–Trinajstić information content (AvgIpc) is 2.96. The minimum Gasteiger partial charge on any atom is -0.449 e. The predicted octanol–water partition coefficient (Wildman–Crippen LogP) is 6.43. The summed E-state index contributed by atoms with van der Waals surface area (Å²) in [5.41, 5.74) is 8.90. The third kappa shape index (κ3) is 19.6. The largest absolute Gasteiger partial charge is 0.449 e. The Kier molecular flexibility index (Phi) is 18.4. The van der Waals surface area contributed by atoms with Crippen molar-refractivity contribution in [2.24, 2.45) is 5.11 Å². The van der Waals surface area contributed by atoms with Crippen molar-refractivity contribution in [2.45, 2.75) is 103 Å². The molecular weight excluding hydrogens is 635 g/mol. The number of nitriles is 1. The summed E-state index contributed by atoms with van der Waals surface area (Å²) >= 11 is 0. The molecule has 0 fully saturated rings. The van der Waals surface area contributed by atoms with Crippen LogP contribution in [0.25, 0.3) is 10.4 Å². The maximum Gasteiger partial charge on any atom is 0.408 e. The van der Waals surface area contributed by atoms with Gasteiger partial charge in [0.1, 0.15) is 30.4 Å². The van der Waals surface area contributed by atoms with Crippen molar-refractivity contribution in [3.63, 3.8) is 0 Å². The number of esters is 1. The van der Waals surface area contributed by atoms with Crippen LogP contribution in [0.2, 0.25) is 0 Å². The molecule has 0 heterocycles. The Morgan fingerprint density at radius 1 is 0.957 bits per heavy atom. The van der Waals surface area contributed by atoms with Crippen molar-refractivity contribution in [3.05, 3.63) is 40.3 Å². The maximum absolute atomic E-state index is 13.0. The molecule has 0 unspecified atom stereocenters. The Morgan fingerprint density at radius 3 is 2.24 bits per heavy atom. The molecule has 3 amide bonds. The lowest BCUT2D eigenvalue weighted by Crippen LogP contribution is -2.47. The highest BCUT2D eigenvalue weighted by Gasteiger charge is 2.26. The first kappa shape index (κ1) is 40.2. The molecule has 0 spiro atoms. The summed E-state index contributed by atoms with van der Waals surface area (Å²) in [4.78, 5) is 52.8. The summed E-state index contributed by atoms with van der Waals surface area (Å²) in [7, 11) is 3.30. The van der Waals surface area contributed by atoms with E-state index in [2.05, 4.69) is 46.7 Å². The fraction of sp³-hybridized carbons (Fsp3) is 0.633. The Bertz CT molecular complexity index is 1220. The fourth-order valence-electron chi connectivity index (χ4n) is 3.58. The molecule has 0 bridgehead atoms. The van der Waals surface area contributed by atoms with Gasteiger partial charge in [0.05, 0.1) is 0 Å². The number of hydrogen-bond donors (Lipinski definition) is 3. The zero-order chi connectivity index (χ0) is 34.6. The van der Waals surface area contributed by atoms with Gasteiger partial charge in [-0.2, -0.15) is 5.26 Å². The second-order valence-corrected chi connectivity index (χ2v) is 15.3. The molecule has 0 aliphatic rings. The van der Waals surface area contributed by atoms with Gasteiger partial charge in [-0.05, 0) is 51.1 Å². The van der Waals surface area contributed by atoms with E-state index in [1.54, 1.807) is 72.7 Å². The molecule has 0 radical (unpaired) electrons. The Morgan fingerprint density at radius 2 is 1.63 bits per heavy atom. The van der Waals surface area contributed by atoms with E-state index in [-0.39, 0.29) is 23.7 Å². The van der Waals surface area contributed by atoms with Crippen LogP contribution in [0.5, 0.6) is 0 Å². The van der Waals surface area contributed by atoms with E-state index in [1.807, 2.05) is 0 Å².